The summed E-state index contributed by atoms with van der Waals surface area (Å²) in [6, 6.07) is 3.72. The van der Waals surface area contributed by atoms with Gasteiger partial charge in [-0.05, 0) is 34.1 Å². The first-order chi connectivity index (χ1) is 8.93. The van der Waals surface area contributed by atoms with Gasteiger partial charge in [0.1, 0.15) is 11.4 Å². The number of ether oxygens (including phenoxy) is 1. The number of rotatable bonds is 2. The number of methoxy groups -OCH3 is 1. The van der Waals surface area contributed by atoms with Crippen molar-refractivity contribution in [3.63, 3.8) is 0 Å². The van der Waals surface area contributed by atoms with Gasteiger partial charge < -0.3 is 15.4 Å². The number of guanidine groups is 1. The van der Waals surface area contributed by atoms with E-state index in [0.717, 1.165) is 14.5 Å². The second-order valence-corrected chi connectivity index (χ2v) is 5.64. The zero-order valence-electron chi connectivity index (χ0n) is 10.3. The third kappa shape index (κ3) is 2.66. The molecule has 0 atom stereocenters. The summed E-state index contributed by atoms with van der Waals surface area (Å²) in [7, 11) is 3.26. The first kappa shape index (κ1) is 14.1. The molecule has 7 heteroatoms. The van der Waals surface area contributed by atoms with Crippen LogP contribution < -0.4 is 10.5 Å². The zero-order chi connectivity index (χ0) is 14.2. The van der Waals surface area contributed by atoms with Crippen LogP contribution in [0.15, 0.2) is 31.8 Å². The molecular weight excluding hydrogens is 378 g/mol. The average molecular weight is 389 g/mol. The Kier molecular flexibility index (Phi) is 3.96. The van der Waals surface area contributed by atoms with E-state index in [1.165, 1.54) is 4.90 Å². The molecule has 0 saturated heterocycles. The maximum atomic E-state index is 11.7. The monoisotopic (exact) mass is 387 g/mol. The molecule has 2 rings (SSSR count). The standard InChI is InChI=1S/C12H11Br2N3O2/c1-17-9(11(18)16-12(17)15)4-6-3-7(13)5-8(14)10(6)19-2/h3-5H,1-2H3,(H2,15,16,18)/b9-4+. The number of likely N-dealkylation sites (N-methyl/N-ethyl adjacent to an activating group) is 1. The summed E-state index contributed by atoms with van der Waals surface area (Å²) in [5.74, 6) is 0.463. The third-order valence-electron chi connectivity index (χ3n) is 2.67. The van der Waals surface area contributed by atoms with Crippen LogP contribution in [-0.2, 0) is 4.79 Å². The van der Waals surface area contributed by atoms with Gasteiger partial charge in [-0.1, -0.05) is 15.9 Å². The van der Waals surface area contributed by atoms with E-state index < -0.39 is 0 Å². The van der Waals surface area contributed by atoms with Crippen LogP contribution in [0, 0.1) is 0 Å². The smallest absolute Gasteiger partial charge is 0.296 e. The fourth-order valence-electron chi connectivity index (χ4n) is 1.71. The first-order valence-electron chi connectivity index (χ1n) is 5.31. The number of carbonyl (C=O) groups is 1. The Morgan fingerprint density at radius 1 is 1.42 bits per heavy atom. The van der Waals surface area contributed by atoms with Crippen molar-refractivity contribution < 1.29 is 9.53 Å². The van der Waals surface area contributed by atoms with Gasteiger partial charge in [-0.2, -0.15) is 4.99 Å². The highest BCUT2D eigenvalue weighted by atomic mass is 79.9. The van der Waals surface area contributed by atoms with E-state index in [0.29, 0.717) is 11.4 Å². The highest BCUT2D eigenvalue weighted by Crippen LogP contribution is 2.34. The molecule has 0 spiro atoms. The largest absolute Gasteiger partial charge is 0.495 e. The fraction of sp³-hybridized carbons (Fsp3) is 0.167. The molecule has 5 nitrogen and oxygen atoms in total. The van der Waals surface area contributed by atoms with E-state index in [2.05, 4.69) is 36.9 Å². The van der Waals surface area contributed by atoms with Gasteiger partial charge in [-0.3, -0.25) is 4.79 Å². The van der Waals surface area contributed by atoms with Crippen molar-refractivity contribution in [2.24, 2.45) is 10.7 Å². The molecule has 1 aliphatic rings. The lowest BCUT2D eigenvalue weighted by atomic mass is 10.1. The van der Waals surface area contributed by atoms with Crippen molar-refractivity contribution >= 4 is 49.8 Å². The maximum absolute atomic E-state index is 11.7. The number of benzene rings is 1. The van der Waals surface area contributed by atoms with Crippen LogP contribution in [0.1, 0.15) is 5.56 Å². The molecule has 0 fully saturated rings. The Balaban J connectivity index is 2.52. The van der Waals surface area contributed by atoms with E-state index >= 15 is 0 Å². The van der Waals surface area contributed by atoms with E-state index in [9.17, 15) is 4.79 Å². The molecule has 2 N–H and O–H groups in total. The minimum atomic E-state index is -0.363. The Bertz CT molecular complexity index is 611. The molecule has 1 aromatic rings. The lowest BCUT2D eigenvalue weighted by Crippen LogP contribution is -2.28. The summed E-state index contributed by atoms with van der Waals surface area (Å²) in [6.07, 6.45) is 1.69. The summed E-state index contributed by atoms with van der Waals surface area (Å²) in [5.41, 5.74) is 6.76. The fourth-order valence-corrected chi connectivity index (χ4v) is 3.13. The highest BCUT2D eigenvalue weighted by Gasteiger charge is 2.24. The molecule has 0 aliphatic carbocycles. The van der Waals surface area contributed by atoms with Gasteiger partial charge in [0.15, 0.2) is 0 Å². The highest BCUT2D eigenvalue weighted by molar-refractivity contribution is 9.11. The van der Waals surface area contributed by atoms with Crippen molar-refractivity contribution in [2.75, 3.05) is 14.2 Å². The van der Waals surface area contributed by atoms with Gasteiger partial charge in [0.25, 0.3) is 5.91 Å². The van der Waals surface area contributed by atoms with Crippen LogP contribution in [0.25, 0.3) is 6.08 Å². The molecule has 1 aromatic carbocycles. The molecule has 0 aromatic heterocycles. The topological polar surface area (TPSA) is 67.9 Å². The van der Waals surface area contributed by atoms with Gasteiger partial charge >= 0.3 is 0 Å². The SMILES string of the molecule is COc1c(Br)cc(Br)cc1/C=C1\C(=O)N=C(N)N1C. The van der Waals surface area contributed by atoms with E-state index in [4.69, 9.17) is 10.5 Å². The minimum absolute atomic E-state index is 0.185. The van der Waals surface area contributed by atoms with Gasteiger partial charge in [-0.25, -0.2) is 0 Å². The minimum Gasteiger partial charge on any atom is -0.495 e. The predicted octanol–water partition coefficient (Wildman–Crippen LogP) is 2.35. The quantitative estimate of drug-likeness (QED) is 0.789. The van der Waals surface area contributed by atoms with Gasteiger partial charge in [0.05, 0.1) is 11.6 Å². The van der Waals surface area contributed by atoms with Crippen molar-refractivity contribution in [1.29, 1.82) is 0 Å². The van der Waals surface area contributed by atoms with Crippen LogP contribution in [0.5, 0.6) is 5.75 Å². The van der Waals surface area contributed by atoms with E-state index in [1.807, 2.05) is 12.1 Å². The molecule has 0 radical (unpaired) electrons. The first-order valence-corrected chi connectivity index (χ1v) is 6.89. The van der Waals surface area contributed by atoms with Crippen LogP contribution in [0.2, 0.25) is 0 Å². The van der Waals surface area contributed by atoms with Crippen LogP contribution in [0.3, 0.4) is 0 Å². The number of nitrogens with two attached hydrogens (primary N) is 1. The second kappa shape index (κ2) is 5.34. The molecular formula is C12H11Br2N3O2. The van der Waals surface area contributed by atoms with Gasteiger partial charge in [0.2, 0.25) is 5.96 Å². The molecule has 1 amide bonds. The maximum Gasteiger partial charge on any atom is 0.296 e. The number of hydrogen-bond acceptors (Lipinski definition) is 4. The van der Waals surface area contributed by atoms with E-state index in [1.54, 1.807) is 20.2 Å². The van der Waals surface area contributed by atoms with Crippen LogP contribution in [-0.4, -0.2) is 30.9 Å². The Labute approximate surface area is 127 Å². The number of halogens is 2. The van der Waals surface area contributed by atoms with Crippen molar-refractivity contribution in [3.8, 4) is 5.75 Å². The predicted molar refractivity (Wildman–Crippen MR) is 80.8 cm³/mol. The lowest BCUT2D eigenvalue weighted by Gasteiger charge is -2.13. The van der Waals surface area contributed by atoms with Gasteiger partial charge in [0, 0.05) is 17.1 Å². The van der Waals surface area contributed by atoms with Crippen molar-refractivity contribution in [3.05, 3.63) is 32.3 Å². The number of nitrogens with zero attached hydrogens (tertiary/aromatic N) is 2. The third-order valence-corrected chi connectivity index (χ3v) is 3.72. The van der Waals surface area contributed by atoms with Crippen LogP contribution >= 0.6 is 31.9 Å². The Morgan fingerprint density at radius 3 is 2.63 bits per heavy atom. The summed E-state index contributed by atoms with van der Waals surface area (Å²) in [5, 5.41) is 0. The summed E-state index contributed by atoms with van der Waals surface area (Å²) in [4.78, 5) is 17.0. The molecule has 0 bridgehead atoms. The lowest BCUT2D eigenvalue weighted by molar-refractivity contribution is -0.114. The van der Waals surface area contributed by atoms with Crippen LogP contribution in [0.4, 0.5) is 0 Å². The van der Waals surface area contributed by atoms with Crippen molar-refractivity contribution in [2.45, 2.75) is 0 Å². The Morgan fingerprint density at radius 2 is 2.11 bits per heavy atom. The summed E-state index contributed by atoms with van der Waals surface area (Å²) < 4.78 is 6.99. The summed E-state index contributed by atoms with van der Waals surface area (Å²) >= 11 is 6.81. The molecule has 0 saturated carbocycles. The number of hydrogen-bond donors (Lipinski definition) is 1. The molecule has 1 heterocycles. The second-order valence-electron chi connectivity index (χ2n) is 3.87. The molecule has 1 aliphatic heterocycles. The summed E-state index contributed by atoms with van der Waals surface area (Å²) in [6.45, 7) is 0. The number of carbonyl (C=O) groups excluding carboxylic acids is 1. The number of aliphatic imine (C=N–C) groups is 1. The normalized spacial score (nSPS) is 17.1. The van der Waals surface area contributed by atoms with Gasteiger partial charge in [-0.15, -0.1) is 0 Å². The average Bonchev–Trinajstić information content (AvgIpc) is 2.55. The van der Waals surface area contributed by atoms with Crippen molar-refractivity contribution in [1.82, 2.24) is 4.90 Å². The Hall–Kier alpha value is -1.34. The molecule has 0 unspecified atom stereocenters. The molecule has 19 heavy (non-hydrogen) atoms. The number of amides is 1. The zero-order valence-corrected chi connectivity index (χ0v) is 13.4. The molecule has 100 valence electrons. The van der Waals surface area contributed by atoms with E-state index in [-0.39, 0.29) is 11.9 Å².